The fourth-order valence-electron chi connectivity index (χ4n) is 1.86. The van der Waals surface area contributed by atoms with Gasteiger partial charge in [-0.1, -0.05) is 0 Å². The molecular weight excluding hydrogens is 206 g/mol. The lowest BCUT2D eigenvalue weighted by atomic mass is 10.1. The van der Waals surface area contributed by atoms with Crippen LogP contribution in [0.3, 0.4) is 0 Å². The Morgan fingerprint density at radius 1 is 1.25 bits per heavy atom. The van der Waals surface area contributed by atoms with E-state index in [9.17, 15) is 0 Å². The van der Waals surface area contributed by atoms with Crippen molar-refractivity contribution in [3.05, 3.63) is 0 Å². The molecule has 0 atom stereocenters. The number of amidine groups is 2. The largest absolute Gasteiger partial charge is 0.380 e. The summed E-state index contributed by atoms with van der Waals surface area (Å²) in [6, 6.07) is 0.426. The van der Waals surface area contributed by atoms with Crippen LogP contribution >= 0.6 is 0 Å². The molecule has 0 saturated carbocycles. The lowest BCUT2D eigenvalue weighted by molar-refractivity contribution is 0.208. The minimum atomic E-state index is 0.290. The number of nitrogens with one attached hydrogen (secondary N) is 1. The van der Waals surface area contributed by atoms with Gasteiger partial charge in [0.1, 0.15) is 0 Å². The third kappa shape index (κ3) is 2.13. The maximum Gasteiger partial charge on any atom is 0.177 e. The average molecular weight is 223 g/mol. The van der Waals surface area contributed by atoms with Gasteiger partial charge in [-0.25, -0.2) is 0 Å². The number of hydrazone groups is 1. The standard InChI is InChI=1S/C9H17N7/c1-16(6-2-4-12-5-3-6)15-7-8(10)13-14-9(7)11/h6,12H,2-5H2,1H3,(H4,10,11,13,14,15). The average Bonchev–Trinajstić information content (AvgIpc) is 2.62. The van der Waals surface area contributed by atoms with Crippen LogP contribution in [-0.2, 0) is 0 Å². The van der Waals surface area contributed by atoms with Crippen LogP contribution < -0.4 is 16.8 Å². The second-order valence-electron chi connectivity index (χ2n) is 3.97. The molecule has 0 aromatic rings. The predicted molar refractivity (Wildman–Crippen MR) is 64.3 cm³/mol. The van der Waals surface area contributed by atoms with E-state index in [1.807, 2.05) is 12.1 Å². The van der Waals surface area contributed by atoms with E-state index in [1.165, 1.54) is 0 Å². The van der Waals surface area contributed by atoms with Gasteiger partial charge in [-0.05, 0) is 25.9 Å². The highest BCUT2D eigenvalue weighted by atomic mass is 15.5. The lowest BCUT2D eigenvalue weighted by Gasteiger charge is -2.29. The maximum atomic E-state index is 5.63. The van der Waals surface area contributed by atoms with Crippen LogP contribution in [0.4, 0.5) is 0 Å². The van der Waals surface area contributed by atoms with Crippen molar-refractivity contribution >= 4 is 17.4 Å². The monoisotopic (exact) mass is 223 g/mol. The zero-order valence-corrected chi connectivity index (χ0v) is 9.35. The molecule has 2 heterocycles. The van der Waals surface area contributed by atoms with Crippen molar-refractivity contribution in [3.8, 4) is 0 Å². The molecule has 0 aliphatic carbocycles. The number of nitrogens with two attached hydrogens (primary N) is 2. The fourth-order valence-corrected chi connectivity index (χ4v) is 1.86. The molecule has 0 unspecified atom stereocenters. The lowest BCUT2D eigenvalue weighted by Crippen LogP contribution is -2.41. The Morgan fingerprint density at radius 2 is 1.81 bits per heavy atom. The Labute approximate surface area is 94.3 Å². The summed E-state index contributed by atoms with van der Waals surface area (Å²) >= 11 is 0. The molecule has 2 rings (SSSR count). The van der Waals surface area contributed by atoms with Gasteiger partial charge >= 0.3 is 0 Å². The van der Waals surface area contributed by atoms with E-state index in [2.05, 4.69) is 20.6 Å². The molecule has 0 aromatic heterocycles. The molecule has 0 spiro atoms. The first-order chi connectivity index (χ1) is 7.68. The van der Waals surface area contributed by atoms with Gasteiger partial charge in [0.15, 0.2) is 17.4 Å². The highest BCUT2D eigenvalue weighted by Crippen LogP contribution is 2.10. The summed E-state index contributed by atoms with van der Waals surface area (Å²) in [5, 5.41) is 17.0. The van der Waals surface area contributed by atoms with Gasteiger partial charge in [-0.15, -0.1) is 10.2 Å². The molecular formula is C9H17N7. The van der Waals surface area contributed by atoms with Crippen molar-refractivity contribution in [2.24, 2.45) is 26.8 Å². The summed E-state index contributed by atoms with van der Waals surface area (Å²) in [7, 11) is 1.93. The van der Waals surface area contributed by atoms with Crippen LogP contribution in [0, 0.1) is 0 Å². The molecule has 2 aliphatic heterocycles. The number of piperidine rings is 1. The molecule has 1 saturated heterocycles. The van der Waals surface area contributed by atoms with Crippen LogP contribution in [0.15, 0.2) is 15.3 Å². The fraction of sp³-hybridized carbons (Fsp3) is 0.667. The Kier molecular flexibility index (Phi) is 3.04. The van der Waals surface area contributed by atoms with Crippen molar-refractivity contribution < 1.29 is 0 Å². The molecule has 0 bridgehead atoms. The van der Waals surface area contributed by atoms with E-state index in [1.54, 1.807) is 0 Å². The summed E-state index contributed by atoms with van der Waals surface area (Å²) in [6.07, 6.45) is 2.14. The highest BCUT2D eigenvalue weighted by Gasteiger charge is 2.21. The molecule has 0 aromatic carbocycles. The number of hydrogen-bond acceptors (Lipinski definition) is 7. The first-order valence-electron chi connectivity index (χ1n) is 5.38. The maximum absolute atomic E-state index is 5.63. The van der Waals surface area contributed by atoms with E-state index >= 15 is 0 Å². The highest BCUT2D eigenvalue weighted by molar-refractivity contribution is 6.68. The number of nitrogens with zero attached hydrogens (tertiary/aromatic N) is 4. The van der Waals surface area contributed by atoms with E-state index in [4.69, 9.17) is 11.5 Å². The van der Waals surface area contributed by atoms with Gasteiger partial charge in [0.25, 0.3) is 0 Å². The summed E-state index contributed by atoms with van der Waals surface area (Å²) < 4.78 is 0. The first kappa shape index (κ1) is 10.9. The van der Waals surface area contributed by atoms with Gasteiger partial charge in [0.05, 0.1) is 0 Å². The van der Waals surface area contributed by atoms with Crippen molar-refractivity contribution in [2.75, 3.05) is 20.1 Å². The zero-order valence-electron chi connectivity index (χ0n) is 9.35. The molecule has 88 valence electrons. The Hall–Kier alpha value is -1.63. The molecule has 0 radical (unpaired) electrons. The molecule has 7 heteroatoms. The van der Waals surface area contributed by atoms with Crippen molar-refractivity contribution in [1.29, 1.82) is 0 Å². The summed E-state index contributed by atoms with van der Waals surface area (Å²) in [5.41, 5.74) is 11.8. The van der Waals surface area contributed by atoms with Crippen molar-refractivity contribution in [3.63, 3.8) is 0 Å². The summed E-state index contributed by atoms with van der Waals surface area (Å²) in [4.78, 5) is 0. The minimum absolute atomic E-state index is 0.290. The normalized spacial score (nSPS) is 21.7. The second kappa shape index (κ2) is 4.48. The van der Waals surface area contributed by atoms with Crippen molar-refractivity contribution in [1.82, 2.24) is 10.3 Å². The van der Waals surface area contributed by atoms with Crippen LogP contribution in [0.5, 0.6) is 0 Å². The van der Waals surface area contributed by atoms with E-state index in [0.717, 1.165) is 25.9 Å². The Balaban J connectivity index is 2.05. The van der Waals surface area contributed by atoms with Gasteiger partial charge in [0, 0.05) is 13.1 Å². The summed E-state index contributed by atoms with van der Waals surface area (Å²) in [5.74, 6) is 0.580. The molecule has 5 N–H and O–H groups in total. The van der Waals surface area contributed by atoms with Crippen LogP contribution in [0.1, 0.15) is 12.8 Å². The van der Waals surface area contributed by atoms with E-state index in [0.29, 0.717) is 23.4 Å². The smallest absolute Gasteiger partial charge is 0.177 e. The van der Waals surface area contributed by atoms with E-state index < -0.39 is 0 Å². The van der Waals surface area contributed by atoms with Crippen LogP contribution in [0.2, 0.25) is 0 Å². The van der Waals surface area contributed by atoms with Gasteiger partial charge in [-0.2, -0.15) is 5.10 Å². The quantitative estimate of drug-likeness (QED) is 0.504. The Morgan fingerprint density at radius 3 is 2.38 bits per heavy atom. The molecule has 16 heavy (non-hydrogen) atoms. The van der Waals surface area contributed by atoms with Gasteiger partial charge in [-0.3, -0.25) is 5.01 Å². The number of hydrogen-bond donors (Lipinski definition) is 3. The van der Waals surface area contributed by atoms with E-state index in [-0.39, 0.29) is 0 Å². The van der Waals surface area contributed by atoms with Gasteiger partial charge < -0.3 is 16.8 Å². The predicted octanol–water partition coefficient (Wildman–Crippen LogP) is -1.33. The SMILES string of the molecule is CN(N=C1C(N)=NN=C1N)C1CCNCC1. The minimum Gasteiger partial charge on any atom is -0.380 e. The first-order valence-corrected chi connectivity index (χ1v) is 5.38. The zero-order chi connectivity index (χ0) is 11.5. The molecule has 1 fully saturated rings. The second-order valence-corrected chi connectivity index (χ2v) is 3.97. The number of rotatable bonds is 2. The topological polar surface area (TPSA) is 104 Å². The Bertz CT molecular complexity index is 331. The van der Waals surface area contributed by atoms with Crippen LogP contribution in [-0.4, -0.2) is 48.6 Å². The molecule has 0 amide bonds. The van der Waals surface area contributed by atoms with Crippen LogP contribution in [0.25, 0.3) is 0 Å². The molecule has 7 nitrogen and oxygen atoms in total. The third-order valence-electron chi connectivity index (χ3n) is 2.85. The summed E-state index contributed by atoms with van der Waals surface area (Å²) in [6.45, 7) is 2.04. The van der Waals surface area contributed by atoms with Gasteiger partial charge in [0.2, 0.25) is 0 Å². The molecule has 2 aliphatic rings. The van der Waals surface area contributed by atoms with Crippen molar-refractivity contribution in [2.45, 2.75) is 18.9 Å². The third-order valence-corrected chi connectivity index (χ3v) is 2.85.